The van der Waals surface area contributed by atoms with Crippen LogP contribution in [-0.4, -0.2) is 47.9 Å². The van der Waals surface area contributed by atoms with Crippen LogP contribution in [0.25, 0.3) is 27.7 Å². The summed E-state index contributed by atoms with van der Waals surface area (Å²) in [4.78, 5) is 27.1. The molecule has 0 unspecified atom stereocenters. The Morgan fingerprint density at radius 3 is 2.64 bits per heavy atom. The molecule has 1 aliphatic rings. The number of anilines is 2. The Balaban J connectivity index is 1.40. The first-order valence-corrected chi connectivity index (χ1v) is 12.5. The van der Waals surface area contributed by atoms with Crippen LogP contribution in [0.4, 0.5) is 25.3 Å². The van der Waals surface area contributed by atoms with E-state index in [-0.39, 0.29) is 28.8 Å². The summed E-state index contributed by atoms with van der Waals surface area (Å²) in [6.45, 7) is 12.1. The number of hydrogen-bond donors (Lipinski definition) is 1. The fourth-order valence-electron chi connectivity index (χ4n) is 4.61. The number of rotatable bonds is 4. The second kappa shape index (κ2) is 9.72. The molecule has 0 saturated carbocycles. The quantitative estimate of drug-likeness (QED) is 0.355. The number of ether oxygens (including phenoxy) is 1. The van der Waals surface area contributed by atoms with Gasteiger partial charge in [0.2, 0.25) is 5.95 Å². The Morgan fingerprint density at radius 1 is 1.15 bits per heavy atom. The lowest BCUT2D eigenvalue weighted by atomic mass is 10.0. The van der Waals surface area contributed by atoms with Crippen molar-refractivity contribution in [3.8, 4) is 11.3 Å². The van der Waals surface area contributed by atoms with Gasteiger partial charge < -0.3 is 15.0 Å². The number of amides is 1. The molecule has 4 aromatic rings. The molecule has 39 heavy (non-hydrogen) atoms. The van der Waals surface area contributed by atoms with Crippen LogP contribution in [0.2, 0.25) is 0 Å². The van der Waals surface area contributed by atoms with Gasteiger partial charge >= 0.3 is 6.09 Å². The van der Waals surface area contributed by atoms with E-state index in [0.29, 0.717) is 42.0 Å². The number of nitrogens with one attached hydrogen (secondary N) is 1. The molecule has 0 atom stereocenters. The van der Waals surface area contributed by atoms with Crippen LogP contribution in [0.15, 0.2) is 37.0 Å². The molecule has 1 amide bonds. The molecule has 9 nitrogen and oxygen atoms in total. The highest BCUT2D eigenvalue weighted by molar-refractivity contribution is 5.93. The molecule has 5 rings (SSSR count). The second-order valence-corrected chi connectivity index (χ2v) is 10.6. The molecular weight excluding hydrogens is 504 g/mol. The zero-order valence-corrected chi connectivity index (χ0v) is 22.5. The number of aryl methyl sites for hydroxylation is 1. The summed E-state index contributed by atoms with van der Waals surface area (Å²) in [5.74, 6) is -0.706. The van der Waals surface area contributed by atoms with Crippen LogP contribution in [0.5, 0.6) is 0 Å². The van der Waals surface area contributed by atoms with E-state index in [9.17, 15) is 13.6 Å². The standard InChI is InChI=1S/C28H29F2N7O2/c1-15(2)25-18-11-17(12-19(29)24(18)35-36(25)6)23-20(30)13-31-26(34-23)33-22-8-7-16-14-37(10-9-21(16)32-22)27(38)39-28(3,4)5/h7-8,11-13H,1,9-10,14H2,2-6H3,(H,31,32,33,34). The van der Waals surface area contributed by atoms with Crippen molar-refractivity contribution in [2.75, 3.05) is 11.9 Å². The van der Waals surface area contributed by atoms with E-state index >= 15 is 0 Å². The number of hydrogen-bond acceptors (Lipinski definition) is 7. The first-order valence-electron chi connectivity index (χ1n) is 12.5. The Bertz CT molecular complexity index is 1620. The van der Waals surface area contributed by atoms with Crippen LogP contribution in [0.1, 0.15) is 44.6 Å². The van der Waals surface area contributed by atoms with Crippen LogP contribution in [0.3, 0.4) is 0 Å². The van der Waals surface area contributed by atoms with E-state index in [2.05, 4.69) is 31.9 Å². The molecule has 202 valence electrons. The largest absolute Gasteiger partial charge is 0.444 e. The van der Waals surface area contributed by atoms with Crippen LogP contribution in [-0.2, 0) is 24.8 Å². The van der Waals surface area contributed by atoms with E-state index in [1.807, 2.05) is 26.8 Å². The smallest absolute Gasteiger partial charge is 0.410 e. The molecular formula is C28H29F2N7O2. The minimum atomic E-state index is -0.694. The minimum Gasteiger partial charge on any atom is -0.444 e. The topological polar surface area (TPSA) is 98.1 Å². The maximum absolute atomic E-state index is 15.0. The summed E-state index contributed by atoms with van der Waals surface area (Å²) in [5.41, 5.74) is 2.90. The molecule has 1 aromatic carbocycles. The summed E-state index contributed by atoms with van der Waals surface area (Å²) < 4.78 is 36.8. The van der Waals surface area contributed by atoms with Gasteiger partial charge in [-0.3, -0.25) is 4.68 Å². The van der Waals surface area contributed by atoms with E-state index in [1.54, 1.807) is 35.7 Å². The Hall–Kier alpha value is -4.41. The van der Waals surface area contributed by atoms with Crippen LogP contribution >= 0.6 is 0 Å². The first-order chi connectivity index (χ1) is 18.4. The van der Waals surface area contributed by atoms with E-state index in [1.165, 1.54) is 6.07 Å². The molecule has 0 spiro atoms. The molecule has 4 heterocycles. The summed E-state index contributed by atoms with van der Waals surface area (Å²) in [6.07, 6.45) is 1.22. The average molecular weight is 534 g/mol. The van der Waals surface area contributed by atoms with Crippen molar-refractivity contribution in [2.45, 2.75) is 46.3 Å². The van der Waals surface area contributed by atoms with Crippen molar-refractivity contribution < 1.29 is 18.3 Å². The van der Waals surface area contributed by atoms with Crippen molar-refractivity contribution in [2.24, 2.45) is 7.05 Å². The zero-order chi connectivity index (χ0) is 28.1. The van der Waals surface area contributed by atoms with Gasteiger partial charge in [0.25, 0.3) is 0 Å². The minimum absolute atomic E-state index is 0.0595. The molecule has 0 aliphatic carbocycles. The second-order valence-electron chi connectivity index (χ2n) is 10.6. The summed E-state index contributed by atoms with van der Waals surface area (Å²) in [6, 6.07) is 6.47. The number of allylic oxidation sites excluding steroid dienone is 1. The van der Waals surface area contributed by atoms with Gasteiger partial charge in [-0.2, -0.15) is 5.10 Å². The van der Waals surface area contributed by atoms with Gasteiger partial charge in [0, 0.05) is 36.7 Å². The fourth-order valence-corrected chi connectivity index (χ4v) is 4.61. The number of halogens is 2. The number of nitrogens with zero attached hydrogens (tertiary/aromatic N) is 6. The maximum Gasteiger partial charge on any atom is 0.410 e. The third kappa shape index (κ3) is 5.29. The predicted octanol–water partition coefficient (Wildman–Crippen LogP) is 5.77. The lowest BCUT2D eigenvalue weighted by Crippen LogP contribution is -2.40. The van der Waals surface area contributed by atoms with E-state index < -0.39 is 17.2 Å². The zero-order valence-electron chi connectivity index (χ0n) is 22.5. The third-order valence-corrected chi connectivity index (χ3v) is 6.25. The summed E-state index contributed by atoms with van der Waals surface area (Å²) >= 11 is 0. The van der Waals surface area contributed by atoms with Gasteiger partial charge in [0.15, 0.2) is 11.6 Å². The molecule has 0 fully saturated rings. The van der Waals surface area contributed by atoms with Gasteiger partial charge in [-0.05, 0) is 57.0 Å². The SMILES string of the molecule is C=C(C)c1c2cc(-c3nc(Nc4ccc5c(n4)CCN(C(=O)OC(C)(C)C)C5)ncc3F)cc(F)c2nn1C. The van der Waals surface area contributed by atoms with E-state index in [4.69, 9.17) is 4.74 Å². The monoisotopic (exact) mass is 533 g/mol. The average Bonchev–Trinajstić information content (AvgIpc) is 3.20. The number of carbonyl (C=O) groups excluding carboxylic acids is 1. The van der Waals surface area contributed by atoms with Crippen LogP contribution < -0.4 is 5.32 Å². The van der Waals surface area contributed by atoms with Crippen molar-refractivity contribution >= 4 is 34.3 Å². The molecule has 11 heteroatoms. The predicted molar refractivity (Wildman–Crippen MR) is 144 cm³/mol. The van der Waals surface area contributed by atoms with Crippen molar-refractivity contribution in [1.29, 1.82) is 0 Å². The number of benzene rings is 1. The number of fused-ring (bicyclic) bond motifs is 2. The molecule has 0 saturated heterocycles. The van der Waals surface area contributed by atoms with Gasteiger partial charge in [-0.25, -0.2) is 28.5 Å². The Kier molecular flexibility index (Phi) is 6.53. The fraction of sp³-hybridized carbons (Fsp3) is 0.321. The lowest BCUT2D eigenvalue weighted by Gasteiger charge is -2.30. The van der Waals surface area contributed by atoms with Crippen molar-refractivity contribution in [3.63, 3.8) is 0 Å². The lowest BCUT2D eigenvalue weighted by molar-refractivity contribution is 0.0223. The Labute approximate surface area is 224 Å². The van der Waals surface area contributed by atoms with Crippen molar-refractivity contribution in [3.05, 3.63) is 65.6 Å². The number of carbonyl (C=O) groups is 1. The highest BCUT2D eigenvalue weighted by Crippen LogP contribution is 2.32. The molecule has 1 aliphatic heterocycles. The van der Waals surface area contributed by atoms with Gasteiger partial charge in [-0.1, -0.05) is 12.6 Å². The maximum atomic E-state index is 15.0. The van der Waals surface area contributed by atoms with E-state index in [0.717, 1.165) is 17.5 Å². The molecule has 1 N–H and O–H groups in total. The van der Waals surface area contributed by atoms with Gasteiger partial charge in [0.1, 0.15) is 22.6 Å². The van der Waals surface area contributed by atoms with Gasteiger partial charge in [0.05, 0.1) is 18.4 Å². The third-order valence-electron chi connectivity index (χ3n) is 6.25. The number of aromatic nitrogens is 5. The molecule has 0 bridgehead atoms. The summed E-state index contributed by atoms with van der Waals surface area (Å²) in [7, 11) is 1.71. The number of pyridine rings is 1. The molecule has 3 aromatic heterocycles. The normalized spacial score (nSPS) is 13.4. The molecule has 0 radical (unpaired) electrons. The van der Waals surface area contributed by atoms with Crippen molar-refractivity contribution in [1.82, 2.24) is 29.6 Å². The summed E-state index contributed by atoms with van der Waals surface area (Å²) in [5, 5.41) is 7.76. The highest BCUT2D eigenvalue weighted by atomic mass is 19.1. The van der Waals surface area contributed by atoms with Gasteiger partial charge in [-0.15, -0.1) is 0 Å². The highest BCUT2D eigenvalue weighted by Gasteiger charge is 2.26. The van der Waals surface area contributed by atoms with Crippen LogP contribution in [0, 0.1) is 11.6 Å². The Morgan fingerprint density at radius 2 is 1.92 bits per heavy atom. The first kappa shape index (κ1) is 26.2.